The Bertz CT molecular complexity index is 421. The van der Waals surface area contributed by atoms with Crippen molar-refractivity contribution >= 4 is 5.97 Å². The second kappa shape index (κ2) is 9.50. The number of carbonyl (C=O) groups is 1. The lowest BCUT2D eigenvalue weighted by molar-refractivity contribution is -0.192. The van der Waals surface area contributed by atoms with Crippen LogP contribution in [0.25, 0.3) is 0 Å². The van der Waals surface area contributed by atoms with Crippen LogP contribution in [0.3, 0.4) is 0 Å². The van der Waals surface area contributed by atoms with Gasteiger partial charge < -0.3 is 14.7 Å². The van der Waals surface area contributed by atoms with Crippen LogP contribution in [0.2, 0.25) is 0 Å². The lowest BCUT2D eigenvalue weighted by Crippen LogP contribution is -2.55. The number of alkyl halides is 1. The summed E-state index contributed by atoms with van der Waals surface area (Å²) in [5.41, 5.74) is -1.29. The van der Waals surface area contributed by atoms with E-state index in [1.165, 1.54) is 12.8 Å². The van der Waals surface area contributed by atoms with E-state index in [0.717, 1.165) is 77.3 Å². The van der Waals surface area contributed by atoms with E-state index in [1.807, 2.05) is 0 Å². The average Bonchev–Trinajstić information content (AvgIpc) is 2.70. The Morgan fingerprint density at radius 2 is 1.42 bits per heavy atom. The largest absolute Gasteiger partial charge is 0.460 e. The summed E-state index contributed by atoms with van der Waals surface area (Å²) in [6, 6.07) is 0. The first kappa shape index (κ1) is 20.1. The molecule has 150 valence electrons. The van der Waals surface area contributed by atoms with Crippen molar-refractivity contribution in [3.05, 3.63) is 0 Å². The Balaban J connectivity index is 1.64. The van der Waals surface area contributed by atoms with Gasteiger partial charge in [-0.05, 0) is 50.4 Å². The fourth-order valence-electron chi connectivity index (χ4n) is 5.37. The number of ether oxygens (including phenoxy) is 1. The molecular weight excluding hydrogens is 332 g/mol. The van der Waals surface area contributed by atoms with Crippen LogP contribution in [0.5, 0.6) is 0 Å². The molecule has 1 N–H and O–H groups in total. The van der Waals surface area contributed by atoms with Crippen molar-refractivity contribution in [3.8, 4) is 0 Å². The zero-order chi connectivity index (χ0) is 18.4. The molecule has 0 aromatic carbocycles. The molecule has 2 aliphatic carbocycles. The summed E-state index contributed by atoms with van der Waals surface area (Å²) in [6.45, 7) is 1.68. The van der Waals surface area contributed by atoms with E-state index in [2.05, 4.69) is 4.90 Å². The molecular formula is C21H36FNO3. The Hall–Kier alpha value is -0.680. The molecule has 1 aliphatic heterocycles. The number of nitrogens with zero attached hydrogens (tertiary/aromatic N) is 1. The number of halogens is 1. The zero-order valence-electron chi connectivity index (χ0n) is 16.1. The van der Waals surface area contributed by atoms with Crippen LogP contribution >= 0.6 is 0 Å². The first-order valence-electron chi connectivity index (χ1n) is 10.9. The molecule has 26 heavy (non-hydrogen) atoms. The number of aliphatic hydroxyl groups is 1. The first-order valence-corrected chi connectivity index (χ1v) is 10.9. The standard InChI is InChI=1S/C21H36FNO3/c22-13-16-23-14-11-19(12-15-23)26-20(24)21(25,17-7-3-1-4-8-17)18-9-5-2-6-10-18/h17-19,25H,1-16H2/i22-1. The van der Waals surface area contributed by atoms with Crippen LogP contribution in [0.4, 0.5) is 4.39 Å². The summed E-state index contributed by atoms with van der Waals surface area (Å²) in [4.78, 5) is 15.3. The summed E-state index contributed by atoms with van der Waals surface area (Å²) in [5.74, 6) is -0.253. The van der Waals surface area contributed by atoms with Gasteiger partial charge in [0.2, 0.25) is 0 Å². The quantitative estimate of drug-likeness (QED) is 0.724. The van der Waals surface area contributed by atoms with Gasteiger partial charge in [0, 0.05) is 19.6 Å². The van der Waals surface area contributed by atoms with Gasteiger partial charge in [0.25, 0.3) is 0 Å². The van der Waals surface area contributed by atoms with Gasteiger partial charge in [0.15, 0.2) is 5.60 Å². The van der Waals surface area contributed by atoms with Gasteiger partial charge in [-0.2, -0.15) is 0 Å². The smallest absolute Gasteiger partial charge is 0.338 e. The van der Waals surface area contributed by atoms with E-state index >= 15 is 0 Å². The lowest BCUT2D eigenvalue weighted by atomic mass is 9.66. The minimum Gasteiger partial charge on any atom is -0.460 e. The molecule has 3 aliphatic rings. The Labute approximate surface area is 157 Å². The third-order valence-corrected chi connectivity index (χ3v) is 6.99. The first-order chi connectivity index (χ1) is 12.6. The number of likely N-dealkylation sites (tertiary alicyclic amines) is 1. The maximum Gasteiger partial charge on any atom is 0.338 e. The lowest BCUT2D eigenvalue weighted by Gasteiger charge is -2.44. The Morgan fingerprint density at radius 3 is 1.88 bits per heavy atom. The molecule has 3 rings (SSSR count). The van der Waals surface area contributed by atoms with E-state index in [9.17, 15) is 14.3 Å². The highest BCUT2D eigenvalue weighted by Gasteiger charge is 2.51. The molecule has 0 atom stereocenters. The number of hydrogen-bond acceptors (Lipinski definition) is 4. The van der Waals surface area contributed by atoms with Gasteiger partial charge >= 0.3 is 5.97 Å². The van der Waals surface area contributed by atoms with Crippen LogP contribution in [-0.2, 0) is 9.53 Å². The second-order valence-electron chi connectivity index (χ2n) is 8.63. The van der Waals surface area contributed by atoms with Crippen molar-refractivity contribution in [2.24, 2.45) is 11.8 Å². The molecule has 1 heterocycles. The third kappa shape index (κ3) is 4.59. The molecule has 0 aromatic heterocycles. The number of piperidine rings is 1. The fraction of sp³-hybridized carbons (Fsp3) is 0.952. The van der Waals surface area contributed by atoms with E-state index in [0.29, 0.717) is 6.54 Å². The zero-order valence-corrected chi connectivity index (χ0v) is 16.1. The highest BCUT2D eigenvalue weighted by Crippen LogP contribution is 2.44. The molecule has 2 saturated carbocycles. The summed E-state index contributed by atoms with van der Waals surface area (Å²) in [5, 5.41) is 11.7. The van der Waals surface area contributed by atoms with Gasteiger partial charge in [-0.15, -0.1) is 0 Å². The number of rotatable bonds is 6. The van der Waals surface area contributed by atoms with Crippen molar-refractivity contribution in [3.63, 3.8) is 0 Å². The van der Waals surface area contributed by atoms with Crippen molar-refractivity contribution in [2.45, 2.75) is 88.8 Å². The average molecular weight is 369 g/mol. The molecule has 3 fully saturated rings. The van der Waals surface area contributed by atoms with Crippen molar-refractivity contribution < 1.29 is 19.0 Å². The molecule has 0 aromatic rings. The van der Waals surface area contributed by atoms with Crippen molar-refractivity contribution in [1.82, 2.24) is 4.90 Å². The maximum absolute atomic E-state index is 13.2. The predicted molar refractivity (Wildman–Crippen MR) is 99.6 cm³/mol. The van der Waals surface area contributed by atoms with Crippen molar-refractivity contribution in [1.29, 1.82) is 0 Å². The molecule has 1 saturated heterocycles. The molecule has 0 radical (unpaired) electrons. The maximum atomic E-state index is 13.2. The minimum absolute atomic E-state index is 0.0541. The van der Waals surface area contributed by atoms with Gasteiger partial charge in [0.05, 0.1) is 0 Å². The van der Waals surface area contributed by atoms with Crippen LogP contribution < -0.4 is 0 Å². The van der Waals surface area contributed by atoms with Crippen LogP contribution in [-0.4, -0.2) is 54.0 Å². The molecule has 0 spiro atoms. The monoisotopic (exact) mass is 368 g/mol. The predicted octanol–water partition coefficient (Wildman–Crippen LogP) is 3.86. The van der Waals surface area contributed by atoms with E-state index in [1.54, 1.807) is 0 Å². The molecule has 4 nitrogen and oxygen atoms in total. The van der Waals surface area contributed by atoms with Gasteiger partial charge in [-0.3, -0.25) is 0 Å². The normalized spacial score (nSPS) is 25.3. The highest BCUT2D eigenvalue weighted by atomic mass is 18.2. The molecule has 0 unspecified atom stereocenters. The third-order valence-electron chi connectivity index (χ3n) is 6.99. The van der Waals surface area contributed by atoms with Crippen molar-refractivity contribution in [2.75, 3.05) is 26.3 Å². The summed E-state index contributed by atoms with van der Waals surface area (Å²) < 4.78 is 18.4. The highest BCUT2D eigenvalue weighted by molar-refractivity contribution is 5.80. The number of hydrogen-bond donors (Lipinski definition) is 1. The summed E-state index contributed by atoms with van der Waals surface area (Å²) >= 11 is 0. The topological polar surface area (TPSA) is 49.8 Å². The summed E-state index contributed by atoms with van der Waals surface area (Å²) in [6.07, 6.45) is 12.0. The van der Waals surface area contributed by atoms with E-state index in [4.69, 9.17) is 4.74 Å². The summed E-state index contributed by atoms with van der Waals surface area (Å²) in [7, 11) is 0. The van der Waals surface area contributed by atoms with Crippen LogP contribution in [0, 0.1) is 11.8 Å². The van der Waals surface area contributed by atoms with Gasteiger partial charge in [0.1, 0.15) is 12.8 Å². The minimum atomic E-state index is -1.29. The van der Waals surface area contributed by atoms with E-state index < -0.39 is 5.60 Å². The Kier molecular flexibility index (Phi) is 7.33. The molecule has 0 amide bonds. The Morgan fingerprint density at radius 1 is 0.923 bits per heavy atom. The van der Waals surface area contributed by atoms with E-state index in [-0.39, 0.29) is 30.6 Å². The molecule has 5 heteroatoms. The van der Waals surface area contributed by atoms with Crippen LogP contribution in [0.15, 0.2) is 0 Å². The molecule has 0 bridgehead atoms. The van der Waals surface area contributed by atoms with Crippen LogP contribution in [0.1, 0.15) is 77.0 Å². The van der Waals surface area contributed by atoms with Gasteiger partial charge in [-0.25, -0.2) is 9.18 Å². The second-order valence-corrected chi connectivity index (χ2v) is 8.63. The SMILES string of the molecule is O=C(OC1CCN(CC[18F])CC1)C(O)(C1CCCCC1)C1CCCCC1. The van der Waals surface area contributed by atoms with Gasteiger partial charge in [-0.1, -0.05) is 38.5 Å². The number of esters is 1. The fourth-order valence-corrected chi connectivity index (χ4v) is 5.37. The number of carbonyl (C=O) groups excluding carboxylic acids is 1.